The van der Waals surface area contributed by atoms with Gasteiger partial charge >= 0.3 is 6.09 Å². The van der Waals surface area contributed by atoms with Gasteiger partial charge in [-0.05, 0) is 57.9 Å². The molecule has 10 nitrogen and oxygen atoms in total. The van der Waals surface area contributed by atoms with Crippen molar-refractivity contribution in [2.45, 2.75) is 90.6 Å². The molecule has 1 N–H and O–H groups in total. The van der Waals surface area contributed by atoms with E-state index in [1.165, 1.54) is 12.1 Å². The number of piperazine rings is 1. The minimum Gasteiger partial charge on any atom is -0.444 e. The lowest BCUT2D eigenvalue weighted by Gasteiger charge is -2.47. The van der Waals surface area contributed by atoms with Crippen LogP contribution < -0.4 is 4.90 Å². The van der Waals surface area contributed by atoms with Gasteiger partial charge in [0.25, 0.3) is 0 Å². The molecule has 0 bridgehead atoms. The van der Waals surface area contributed by atoms with Crippen LogP contribution in [0.4, 0.5) is 19.3 Å². The first-order chi connectivity index (χ1) is 22.1. The molecule has 0 aliphatic carbocycles. The summed E-state index contributed by atoms with van der Waals surface area (Å²) >= 11 is 0. The number of carbonyl (C=O) groups is 2. The number of amides is 2. The molecule has 1 aromatic heterocycles. The van der Waals surface area contributed by atoms with Crippen molar-refractivity contribution in [3.8, 4) is 0 Å². The van der Waals surface area contributed by atoms with Gasteiger partial charge in [-0.3, -0.25) is 19.6 Å². The molecule has 3 aliphatic rings. The Balaban J connectivity index is 1.41. The van der Waals surface area contributed by atoms with Gasteiger partial charge in [0.2, 0.25) is 5.91 Å². The molecule has 2 aromatic rings. The number of anilines is 1. The second-order valence-corrected chi connectivity index (χ2v) is 14.9. The first-order valence-electron chi connectivity index (χ1n) is 16.5. The van der Waals surface area contributed by atoms with Crippen LogP contribution in [0.2, 0.25) is 0 Å². The molecule has 2 fully saturated rings. The molecule has 3 atom stereocenters. The molecular weight excluding hydrogens is 608 g/mol. The molecule has 12 heteroatoms. The van der Waals surface area contributed by atoms with Crippen molar-refractivity contribution in [1.82, 2.24) is 19.7 Å². The van der Waals surface area contributed by atoms with Crippen molar-refractivity contribution >= 4 is 17.7 Å². The number of hydrogen-bond donors (Lipinski definition) is 1. The summed E-state index contributed by atoms with van der Waals surface area (Å²) in [5.41, 5.74) is 1.47. The highest BCUT2D eigenvalue weighted by Gasteiger charge is 2.43. The van der Waals surface area contributed by atoms with E-state index >= 15 is 0 Å². The highest BCUT2D eigenvalue weighted by atomic mass is 19.1. The minimum atomic E-state index is -0.678. The third-order valence-corrected chi connectivity index (χ3v) is 9.37. The van der Waals surface area contributed by atoms with E-state index < -0.39 is 22.7 Å². The van der Waals surface area contributed by atoms with Crippen LogP contribution in [0.3, 0.4) is 0 Å². The highest BCUT2D eigenvalue weighted by Crippen LogP contribution is 2.41. The zero-order valence-corrected chi connectivity index (χ0v) is 28.7. The minimum absolute atomic E-state index is 0.0920. The van der Waals surface area contributed by atoms with Gasteiger partial charge in [-0.2, -0.15) is 0 Å². The number of benzene rings is 1. The highest BCUT2D eigenvalue weighted by molar-refractivity contribution is 5.97. The maximum atomic E-state index is 14.6. The van der Waals surface area contributed by atoms with Crippen LogP contribution in [0.25, 0.3) is 0 Å². The molecule has 5 rings (SSSR count). The van der Waals surface area contributed by atoms with Gasteiger partial charge in [0.15, 0.2) is 0 Å². The average molecular weight is 658 g/mol. The number of aromatic nitrogens is 1. The maximum absolute atomic E-state index is 14.6. The van der Waals surface area contributed by atoms with Crippen LogP contribution in [0.5, 0.6) is 0 Å². The van der Waals surface area contributed by atoms with Gasteiger partial charge in [-0.1, -0.05) is 19.9 Å². The summed E-state index contributed by atoms with van der Waals surface area (Å²) in [4.78, 5) is 40.3. The van der Waals surface area contributed by atoms with E-state index in [-0.39, 0.29) is 55.3 Å². The van der Waals surface area contributed by atoms with Gasteiger partial charge in [-0.15, -0.1) is 0 Å². The largest absolute Gasteiger partial charge is 0.444 e. The van der Waals surface area contributed by atoms with E-state index in [1.807, 2.05) is 47.6 Å². The molecule has 2 saturated heterocycles. The SMILES string of the molecule is C[C@@H]1COCCN1C[C@H]1CN(C(=O)OC(C)(C)C)[C@H](C)CN1CC(=O)N1CC(C)(C)c2nc(CO)c(Cc3ccc(F)cc3F)cc21. The zero-order valence-electron chi connectivity index (χ0n) is 28.7. The van der Waals surface area contributed by atoms with Crippen LogP contribution in [0.15, 0.2) is 24.3 Å². The number of rotatable bonds is 7. The molecule has 1 aromatic carbocycles. The number of morpholine rings is 1. The van der Waals surface area contributed by atoms with E-state index in [0.717, 1.165) is 12.6 Å². The Labute approximate surface area is 276 Å². The average Bonchev–Trinajstić information content (AvgIpc) is 3.25. The predicted octanol–water partition coefficient (Wildman–Crippen LogP) is 4.10. The van der Waals surface area contributed by atoms with Crippen molar-refractivity contribution in [1.29, 1.82) is 0 Å². The van der Waals surface area contributed by atoms with Gasteiger partial charge in [0.05, 0.1) is 43.4 Å². The fraction of sp³-hybridized carbons (Fsp3) is 0.629. The summed E-state index contributed by atoms with van der Waals surface area (Å²) < 4.78 is 39.6. The number of aliphatic hydroxyl groups excluding tert-OH is 1. The van der Waals surface area contributed by atoms with Gasteiger partial charge in [0.1, 0.15) is 17.2 Å². The number of carbonyl (C=O) groups excluding carboxylic acids is 2. The van der Waals surface area contributed by atoms with Crippen molar-refractivity contribution in [2.75, 3.05) is 57.4 Å². The summed E-state index contributed by atoms with van der Waals surface area (Å²) in [6.45, 7) is 17.5. The van der Waals surface area contributed by atoms with Gasteiger partial charge in [-0.25, -0.2) is 13.6 Å². The van der Waals surface area contributed by atoms with Crippen LogP contribution in [-0.4, -0.2) is 113 Å². The predicted molar refractivity (Wildman–Crippen MR) is 174 cm³/mol. The van der Waals surface area contributed by atoms with Gasteiger partial charge < -0.3 is 24.4 Å². The Morgan fingerprint density at radius 3 is 2.49 bits per heavy atom. The third-order valence-electron chi connectivity index (χ3n) is 9.37. The Morgan fingerprint density at radius 2 is 1.83 bits per heavy atom. The molecule has 258 valence electrons. The molecule has 4 heterocycles. The Hall–Kier alpha value is -3.19. The monoisotopic (exact) mass is 657 g/mol. The molecule has 0 unspecified atom stereocenters. The molecule has 3 aliphatic heterocycles. The van der Waals surface area contributed by atoms with E-state index in [1.54, 1.807) is 9.80 Å². The molecular formula is C35H49F2N5O5. The van der Waals surface area contributed by atoms with E-state index in [2.05, 4.69) is 16.7 Å². The molecule has 0 saturated carbocycles. The first-order valence-corrected chi connectivity index (χ1v) is 16.5. The Morgan fingerprint density at radius 1 is 1.09 bits per heavy atom. The third kappa shape index (κ3) is 7.93. The number of hydrogen-bond acceptors (Lipinski definition) is 8. The second kappa shape index (κ2) is 13.7. The van der Waals surface area contributed by atoms with Crippen molar-refractivity contribution in [2.24, 2.45) is 0 Å². The standard InChI is InChI=1S/C35H49F2N5O5/c1-22-15-40(27(16-39-10-11-46-20-23(39)2)17-41(22)33(45)47-34(3,4)5)18-31(44)42-21-35(6,7)32-30(42)13-25(29(19-43)38-32)12-24-8-9-26(36)14-28(24)37/h8-9,13-14,22-23,27,43H,10-12,15-21H2,1-7H3/t22-,23-,27+/m1/s1. The van der Waals surface area contributed by atoms with Crippen molar-refractivity contribution in [3.05, 3.63) is 58.4 Å². The van der Waals surface area contributed by atoms with Crippen LogP contribution in [-0.2, 0) is 32.7 Å². The summed E-state index contributed by atoms with van der Waals surface area (Å²) in [6.07, 6.45) is -0.267. The number of ether oxygens (including phenoxy) is 2. The lowest BCUT2D eigenvalue weighted by Crippen LogP contribution is -2.64. The number of pyridine rings is 1. The van der Waals surface area contributed by atoms with Crippen LogP contribution >= 0.6 is 0 Å². The molecule has 2 amide bonds. The number of halogens is 2. The second-order valence-electron chi connectivity index (χ2n) is 14.9. The lowest BCUT2D eigenvalue weighted by molar-refractivity contribution is -0.121. The van der Waals surface area contributed by atoms with Gasteiger partial charge in [0, 0.05) is 68.8 Å². The number of fused-ring (bicyclic) bond motifs is 1. The first kappa shape index (κ1) is 35.1. The fourth-order valence-corrected chi connectivity index (χ4v) is 6.84. The Bertz CT molecular complexity index is 1480. The fourth-order valence-electron chi connectivity index (χ4n) is 6.84. The zero-order chi connectivity index (χ0) is 34.3. The summed E-state index contributed by atoms with van der Waals surface area (Å²) in [5.74, 6) is -1.45. The number of aliphatic hydroxyl groups is 1. The van der Waals surface area contributed by atoms with Crippen LogP contribution in [0, 0.1) is 11.6 Å². The van der Waals surface area contributed by atoms with Crippen molar-refractivity contribution < 1.29 is 33.0 Å². The van der Waals surface area contributed by atoms with Crippen LogP contribution in [0.1, 0.15) is 71.0 Å². The summed E-state index contributed by atoms with van der Waals surface area (Å²) in [6, 6.07) is 5.16. The summed E-state index contributed by atoms with van der Waals surface area (Å²) in [7, 11) is 0. The smallest absolute Gasteiger partial charge is 0.410 e. The summed E-state index contributed by atoms with van der Waals surface area (Å²) in [5, 5.41) is 10.2. The van der Waals surface area contributed by atoms with E-state index in [4.69, 9.17) is 14.5 Å². The molecule has 47 heavy (non-hydrogen) atoms. The number of nitrogens with zero attached hydrogens (tertiary/aromatic N) is 5. The molecule has 0 radical (unpaired) electrons. The quantitative estimate of drug-likeness (QED) is 0.476. The topological polar surface area (TPSA) is 98.7 Å². The van der Waals surface area contributed by atoms with E-state index in [0.29, 0.717) is 62.0 Å². The van der Waals surface area contributed by atoms with E-state index in [9.17, 15) is 23.5 Å². The maximum Gasteiger partial charge on any atom is 0.410 e. The lowest BCUT2D eigenvalue weighted by atomic mass is 9.90. The Kier molecular flexibility index (Phi) is 10.3. The normalized spacial score (nSPS) is 23.6. The molecule has 0 spiro atoms. The van der Waals surface area contributed by atoms with Crippen molar-refractivity contribution in [3.63, 3.8) is 0 Å².